The van der Waals surface area contributed by atoms with Crippen LogP contribution in [0.25, 0.3) is 75.9 Å². The molecule has 12 N–H and O–H groups in total. The van der Waals surface area contributed by atoms with E-state index in [9.17, 15) is 110 Å². The first-order valence-corrected chi connectivity index (χ1v) is 48.0. The maximum absolute atomic E-state index is 14.3. The van der Waals surface area contributed by atoms with E-state index in [1.165, 1.54) is 114 Å². The number of halogens is 8. The lowest BCUT2D eigenvalue weighted by Gasteiger charge is -2.11. The zero-order chi connectivity index (χ0) is 101. The number of anilines is 5. The van der Waals surface area contributed by atoms with Crippen molar-refractivity contribution in [2.45, 2.75) is 40.7 Å². The van der Waals surface area contributed by atoms with Gasteiger partial charge < -0.3 is 76.1 Å². The van der Waals surface area contributed by atoms with Crippen molar-refractivity contribution in [3.63, 3.8) is 0 Å². The van der Waals surface area contributed by atoms with Crippen LogP contribution in [0, 0.1) is 62.6 Å². The first-order valence-electron chi connectivity index (χ1n) is 41.2. The fourth-order valence-electron chi connectivity index (χ4n) is 14.5. The molecule has 0 radical (unpaired) electrons. The van der Waals surface area contributed by atoms with E-state index in [1.54, 1.807) is 103 Å². The highest BCUT2D eigenvalue weighted by Gasteiger charge is 2.33. The number of nitrogens with one attached hydrogen (secondary N) is 5. The third-order valence-electron chi connectivity index (χ3n) is 21.5. The van der Waals surface area contributed by atoms with Crippen molar-refractivity contribution in [2.75, 3.05) is 33.7 Å². The number of hydrogen-bond acceptors (Lipinski definition) is 21. The standard InChI is InChI=1S/C27H19ClN2O3S.C20H15F2NO3S.C19H15F2NO4S.C18H10ClNO4S3.C17H11F2NO5S/c28-20-12-10-18(11-13-20)21-16-34-26(24(21)27(32)33)29-25(31)23-14-19-8-4-5-9-22(19)30(23)15-17-6-2-1-3-7-17;1-10-5-3-4-6-12(10)18(24)23-19-15(20(25)26)14(9-27-19)13-8-7-11(2)16(21)17(13)22;1-9-6-7-10(16(21)15(9)20)12-8-27-18(14(12)19(24)25)22-17(23)11-4-3-5-13(11)26-2;19-9-3-1-8(2-4-9)10-7-26-17(12(10)18(23)24)20-16(22)15-13(21)14-11(27-15)5-6-25-14;1-7-2-3-8(13(19)12(7)18)9-6-26-16(11(9)17(23)24)20-15(22)14-10(21)4-5-25-14/h1-14,16H,15H2,(H,29,31)(H,32,33);3-9H,1-2H3,(H,23,24)(H,25,26);4-8H,3H2,1-2H3,(H,22,23)(H,24,25);1-7,21H,(H,20,22)(H,23,24);2-6,21H,1H3,(H,20,22)(H,23,24). The Morgan fingerprint density at radius 1 is 0.418 bits per heavy atom. The number of carboxylic acids is 5. The number of allylic oxidation sites excluding steroid dienone is 2. The third-order valence-corrected chi connectivity index (χ3v) is 28.6. The molecule has 0 spiro atoms. The minimum Gasteiger partial charge on any atom is -0.505 e. The molecular formula is C101H70Cl2F6N6O19S7. The molecule has 9 aromatic heterocycles. The number of aromatic nitrogens is 1. The maximum Gasteiger partial charge on any atom is 0.339 e. The van der Waals surface area contributed by atoms with Crippen molar-refractivity contribution < 1.29 is 119 Å². The second-order valence-corrected chi connectivity index (χ2v) is 37.6. The molecule has 8 aromatic carbocycles. The largest absolute Gasteiger partial charge is 0.505 e. The first kappa shape index (κ1) is 101. The monoisotopic (exact) mass is 2080 g/mol. The van der Waals surface area contributed by atoms with Gasteiger partial charge in [0.05, 0.1) is 23.6 Å². The van der Waals surface area contributed by atoms with Crippen LogP contribution in [0.3, 0.4) is 0 Å². The number of carbonyl (C=O) groups is 10. The second-order valence-electron chi connectivity index (χ2n) is 30.4. The molecule has 18 rings (SSSR count). The smallest absolute Gasteiger partial charge is 0.339 e. The summed E-state index contributed by atoms with van der Waals surface area (Å²) in [5.74, 6) is -16.2. The molecule has 1 aliphatic carbocycles. The quantitative estimate of drug-likeness (QED) is 0.0265. The van der Waals surface area contributed by atoms with Crippen molar-refractivity contribution >= 4 is 207 Å². The number of thiophene rings is 7. The van der Waals surface area contributed by atoms with Gasteiger partial charge >= 0.3 is 29.8 Å². The molecule has 0 atom stereocenters. The summed E-state index contributed by atoms with van der Waals surface area (Å²) in [4.78, 5) is 122. The Bertz CT molecular complexity index is 7890. The van der Waals surface area contributed by atoms with Gasteiger partial charge in [-0.1, -0.05) is 157 Å². The van der Waals surface area contributed by atoms with Crippen molar-refractivity contribution in [3.05, 3.63) is 366 Å². The Morgan fingerprint density at radius 3 is 1.27 bits per heavy atom. The Kier molecular flexibility index (Phi) is 31.7. The number of rotatable bonds is 23. The average Bonchev–Trinajstić information content (AvgIpc) is 1.65. The number of aromatic carboxylic acids is 5. The van der Waals surface area contributed by atoms with Gasteiger partial charge in [0, 0.05) is 115 Å². The summed E-state index contributed by atoms with van der Waals surface area (Å²) in [6.45, 7) is 6.49. The first-order chi connectivity index (χ1) is 67.4. The van der Waals surface area contributed by atoms with Gasteiger partial charge in [-0.15, -0.1) is 79.4 Å². The summed E-state index contributed by atoms with van der Waals surface area (Å²) < 4.78 is 97.9. The van der Waals surface area contributed by atoms with E-state index in [-0.39, 0.29) is 114 Å². The Hall–Kier alpha value is -15.5. The van der Waals surface area contributed by atoms with Gasteiger partial charge in [-0.05, 0) is 133 Å². The van der Waals surface area contributed by atoms with Crippen LogP contribution in [0.2, 0.25) is 10.0 Å². The van der Waals surface area contributed by atoms with Gasteiger partial charge in [-0.2, -0.15) is 0 Å². The number of hydrogen-bond donors (Lipinski definition) is 12. The zero-order valence-corrected chi connectivity index (χ0v) is 80.5. The van der Waals surface area contributed by atoms with E-state index in [4.69, 9.17) is 32.4 Å². The van der Waals surface area contributed by atoms with Crippen LogP contribution >= 0.6 is 103 Å². The molecule has 716 valence electrons. The minimum absolute atomic E-state index is 0.00195. The lowest BCUT2D eigenvalue weighted by Crippen LogP contribution is -2.18. The number of nitrogens with zero attached hydrogens (tertiary/aromatic N) is 1. The average molecular weight is 2080 g/mol. The van der Waals surface area contributed by atoms with E-state index in [1.807, 2.05) is 76.7 Å². The fourth-order valence-corrected chi connectivity index (χ4v) is 21.5. The number of fused-ring (bicyclic) bond motifs is 2. The fraction of sp³-hybridized carbons (Fsp3) is 0.0693. The summed E-state index contributed by atoms with van der Waals surface area (Å²) >= 11 is 19.4. The van der Waals surface area contributed by atoms with Crippen molar-refractivity contribution in [1.29, 1.82) is 0 Å². The van der Waals surface area contributed by atoms with Gasteiger partial charge in [-0.25, -0.2) is 50.3 Å². The molecule has 40 heteroatoms. The van der Waals surface area contributed by atoms with E-state index >= 15 is 0 Å². The summed E-state index contributed by atoms with van der Waals surface area (Å²) in [5, 5.41) is 92.7. The summed E-state index contributed by atoms with van der Waals surface area (Å²) in [7, 11) is 1.43. The molecule has 17 aromatic rings. The van der Waals surface area contributed by atoms with Crippen molar-refractivity contribution in [1.82, 2.24) is 4.57 Å². The predicted molar refractivity (Wildman–Crippen MR) is 536 cm³/mol. The Labute approximate surface area is 832 Å². The molecular weight excluding hydrogens is 2010 g/mol. The normalized spacial score (nSPS) is 11.3. The topological polar surface area (TPSA) is 400 Å². The molecule has 0 saturated heterocycles. The Morgan fingerprint density at radius 2 is 0.830 bits per heavy atom. The molecule has 141 heavy (non-hydrogen) atoms. The van der Waals surface area contributed by atoms with Crippen LogP contribution in [0.5, 0.6) is 11.5 Å². The number of carboxylic acid groups (broad SMARTS) is 5. The Balaban J connectivity index is 0.000000141. The lowest BCUT2D eigenvalue weighted by atomic mass is 10.0. The van der Waals surface area contributed by atoms with Crippen LogP contribution in [0.15, 0.2) is 248 Å². The number of carbonyl (C=O) groups excluding carboxylic acids is 5. The van der Waals surface area contributed by atoms with Crippen LogP contribution in [0.4, 0.5) is 51.3 Å². The lowest BCUT2D eigenvalue weighted by molar-refractivity contribution is -0.112. The van der Waals surface area contributed by atoms with Crippen molar-refractivity contribution in [3.8, 4) is 67.1 Å². The number of aryl methyl sites for hydroxylation is 4. The number of furan rings is 1. The molecule has 5 amide bonds. The molecule has 0 unspecified atom stereocenters. The van der Waals surface area contributed by atoms with Gasteiger partial charge in [-0.3, -0.25) is 24.0 Å². The number of benzene rings is 8. The molecule has 1 aliphatic rings. The van der Waals surface area contributed by atoms with Crippen LogP contribution < -0.4 is 26.6 Å². The van der Waals surface area contributed by atoms with Gasteiger partial charge in [0.2, 0.25) is 5.76 Å². The van der Waals surface area contributed by atoms with Crippen LogP contribution in [-0.2, 0) is 16.1 Å². The molecule has 0 saturated carbocycles. The second kappa shape index (κ2) is 44.1. The summed E-state index contributed by atoms with van der Waals surface area (Å²) in [6, 6.07) is 51.1. The summed E-state index contributed by atoms with van der Waals surface area (Å²) in [6.07, 6.45) is 4.99. The van der Waals surface area contributed by atoms with E-state index in [2.05, 4.69) is 26.6 Å². The number of ether oxygens (including phenoxy) is 1. The number of amides is 5. The highest BCUT2D eigenvalue weighted by molar-refractivity contribution is 7.28. The SMILES string of the molecule is COC1=CCC=C1C(=O)Nc1scc(-c2ccc(C)c(F)c2F)c1C(=O)O.Cc1ccc(-c2csc(NC(=O)c3occc3O)c2C(=O)O)c(F)c1F.Cc1ccccc1C(=O)Nc1scc(-c2ccc(C)c(F)c2F)c1C(=O)O.O=C(Nc1scc(-c2ccc(Cl)cc2)c1C(=O)O)c1sc2ccsc2c1O.O=C(O)c1c(-c2ccc(Cl)cc2)csc1NC(=O)c1cc2ccccc2n1Cc1ccccc1. The number of methoxy groups -OCH3 is 1. The summed E-state index contributed by atoms with van der Waals surface area (Å²) in [5.41, 5.74) is 5.12. The van der Waals surface area contributed by atoms with Crippen LogP contribution in [-0.4, -0.2) is 107 Å². The predicted octanol–water partition coefficient (Wildman–Crippen LogP) is 27.0. The van der Waals surface area contributed by atoms with Crippen LogP contribution in [0.1, 0.15) is 127 Å². The molecule has 25 nitrogen and oxygen atoms in total. The highest BCUT2D eigenvalue weighted by atomic mass is 35.5. The van der Waals surface area contributed by atoms with E-state index < -0.39 is 105 Å². The molecule has 9 heterocycles. The highest BCUT2D eigenvalue weighted by Crippen LogP contribution is 2.46. The number of para-hydroxylation sites is 1. The zero-order valence-electron chi connectivity index (χ0n) is 73.3. The van der Waals surface area contributed by atoms with E-state index in [0.29, 0.717) is 66.4 Å². The van der Waals surface area contributed by atoms with Gasteiger partial charge in [0.25, 0.3) is 29.5 Å². The van der Waals surface area contributed by atoms with Crippen molar-refractivity contribution in [2.24, 2.45) is 0 Å². The van der Waals surface area contributed by atoms with E-state index in [0.717, 1.165) is 90.0 Å². The third kappa shape index (κ3) is 22.1. The van der Waals surface area contributed by atoms with Gasteiger partial charge in [0.15, 0.2) is 46.4 Å². The number of aromatic hydroxyl groups is 2. The molecule has 0 aliphatic heterocycles. The maximum atomic E-state index is 14.3. The van der Waals surface area contributed by atoms with Gasteiger partial charge in [0.1, 0.15) is 69.2 Å². The minimum atomic E-state index is -1.43. The molecule has 0 bridgehead atoms. The molecule has 0 fully saturated rings.